The predicted octanol–water partition coefficient (Wildman–Crippen LogP) is -1.62. The second-order valence-electron chi connectivity index (χ2n) is 4.96. The van der Waals surface area contributed by atoms with E-state index in [4.69, 9.17) is 10.4 Å². The molecule has 5 N–H and O–H groups in total. The molecule has 2 rings (SSSR count). The van der Waals surface area contributed by atoms with Crippen molar-refractivity contribution >= 4 is 24.3 Å². The molecule has 2 aromatic heterocycles. The average molecular weight is 364 g/mol. The topological polar surface area (TPSA) is 143 Å². The smallest absolute Gasteiger partial charge is 0.340 e. The number of rotatable bonds is 10. The number of nitrogens with zero attached hydrogens (tertiary/aromatic N) is 4. The Hall–Kier alpha value is -1.57. The Balaban J connectivity index is 0.00000288. The molecule has 0 spiro atoms. The second-order valence-corrected chi connectivity index (χ2v) is 4.96. The fourth-order valence-electron chi connectivity index (χ4n) is 2.25. The summed E-state index contributed by atoms with van der Waals surface area (Å²) >= 11 is 0. The molecule has 11 nitrogen and oxygen atoms in total. The third-order valence-electron chi connectivity index (χ3n) is 3.32. The molecule has 24 heavy (non-hydrogen) atoms. The van der Waals surface area contributed by atoms with Crippen LogP contribution in [0.25, 0.3) is 0 Å². The molecule has 2 heterocycles. The maximum absolute atomic E-state index is 10.9. The zero-order valence-electron chi connectivity index (χ0n) is 13.0. The lowest BCUT2D eigenvalue weighted by molar-refractivity contribution is -0.995. The van der Waals surface area contributed by atoms with Gasteiger partial charge in [0.05, 0.1) is 12.4 Å². The van der Waals surface area contributed by atoms with Crippen molar-refractivity contribution in [2.45, 2.75) is 25.9 Å². The van der Waals surface area contributed by atoms with Gasteiger partial charge in [-0.15, -0.1) is 12.4 Å². The lowest BCUT2D eigenvalue weighted by Crippen LogP contribution is -3.00. The fraction of sp³-hybridized carbons (Fsp3) is 0.500. The lowest BCUT2D eigenvalue weighted by Gasteiger charge is -2.13. The molecule has 0 aliphatic rings. The van der Waals surface area contributed by atoms with Crippen molar-refractivity contribution < 1.29 is 20.9 Å². The summed E-state index contributed by atoms with van der Waals surface area (Å²) in [7, 11) is 0. The van der Waals surface area contributed by atoms with Crippen LogP contribution in [0, 0.1) is 10.4 Å². The van der Waals surface area contributed by atoms with Crippen molar-refractivity contribution in [3.63, 3.8) is 0 Å². The predicted molar refractivity (Wildman–Crippen MR) is 85.4 cm³/mol. The van der Waals surface area contributed by atoms with E-state index in [-0.39, 0.29) is 24.3 Å². The van der Waals surface area contributed by atoms with Crippen molar-refractivity contribution in [1.29, 1.82) is 0 Å². The van der Waals surface area contributed by atoms with Crippen LogP contribution in [0.5, 0.6) is 0 Å². The number of hydrogen-bond acceptors (Lipinski definition) is 7. The van der Waals surface area contributed by atoms with Crippen molar-refractivity contribution in [3.8, 4) is 0 Å². The highest BCUT2D eigenvalue weighted by Crippen LogP contribution is 2.00. The molecule has 0 aliphatic heterocycles. The van der Waals surface area contributed by atoms with E-state index in [1.807, 2.05) is 0 Å². The summed E-state index contributed by atoms with van der Waals surface area (Å²) in [5.41, 5.74) is 0. The number of aryl methyl sites for hydroxylation is 2. The summed E-state index contributed by atoms with van der Waals surface area (Å²) < 4.78 is 3.21. The first kappa shape index (κ1) is 20.5. The van der Waals surface area contributed by atoms with Crippen LogP contribution >= 0.6 is 12.4 Å². The zero-order valence-corrected chi connectivity index (χ0v) is 13.8. The molecule has 12 heteroatoms. The number of aromatic nitrogens is 4. The van der Waals surface area contributed by atoms with E-state index in [9.17, 15) is 10.4 Å². The van der Waals surface area contributed by atoms with E-state index in [0.29, 0.717) is 13.1 Å². The fourth-order valence-corrected chi connectivity index (χ4v) is 2.25. The van der Waals surface area contributed by atoms with Crippen molar-refractivity contribution in [3.05, 3.63) is 35.2 Å². The largest absolute Gasteiger partial charge is 0.592 e. The Kier molecular flexibility index (Phi) is 8.81. The maximum Gasteiger partial charge on any atom is 0.340 e. The highest BCUT2D eigenvalue weighted by molar-refractivity contribution is 5.85. The van der Waals surface area contributed by atoms with Crippen LogP contribution in [0.4, 0.5) is 11.9 Å². The van der Waals surface area contributed by atoms with Crippen LogP contribution in [-0.2, 0) is 13.1 Å². The molecule has 2 aromatic rings. The van der Waals surface area contributed by atoms with Crippen LogP contribution in [0.2, 0.25) is 0 Å². The maximum atomic E-state index is 10.9. The first-order valence-electron chi connectivity index (χ1n) is 7.29. The van der Waals surface area contributed by atoms with Gasteiger partial charge in [0.2, 0.25) is 0 Å². The molecule has 0 aliphatic carbocycles. The van der Waals surface area contributed by atoms with Crippen molar-refractivity contribution in [2.75, 3.05) is 13.1 Å². The van der Waals surface area contributed by atoms with Gasteiger partial charge in [-0.3, -0.25) is 9.13 Å². The standard InChI is InChI=1S/C12H21N7O4.ClH/c20-18(21)11-14-5-9-16(11)7-1-3-13-4-2-8-17-10-6-15-12(17)19(22)23;/h5-6,9-10,13,18-20,22H,1-4,7-8H2;1H. The van der Waals surface area contributed by atoms with Crippen LogP contribution in [0.3, 0.4) is 0 Å². The molecule has 0 fully saturated rings. The molecule has 136 valence electrons. The van der Waals surface area contributed by atoms with E-state index in [1.165, 1.54) is 12.4 Å². The molecule has 0 radical (unpaired) electrons. The van der Waals surface area contributed by atoms with Gasteiger partial charge in [-0.25, -0.2) is 10.4 Å². The minimum Gasteiger partial charge on any atom is -0.592 e. The minimum atomic E-state index is -1.03. The normalized spacial score (nSPS) is 13.5. The Labute approximate surface area is 144 Å². The molecular weight excluding hydrogens is 342 g/mol. The van der Waals surface area contributed by atoms with Crippen molar-refractivity contribution in [1.82, 2.24) is 24.4 Å². The monoisotopic (exact) mass is 363 g/mol. The first-order chi connectivity index (χ1) is 11.1. The SMILES string of the molecule is Cl.[O-][NH+](O)c1nccn1CCCNCCCn1ccnc1[NH+]([O-])O. The lowest BCUT2D eigenvalue weighted by atomic mass is 10.3. The van der Waals surface area contributed by atoms with Gasteiger partial charge >= 0.3 is 11.9 Å². The van der Waals surface area contributed by atoms with E-state index >= 15 is 0 Å². The van der Waals surface area contributed by atoms with E-state index in [2.05, 4.69) is 15.3 Å². The van der Waals surface area contributed by atoms with Gasteiger partial charge in [-0.05, 0) is 25.9 Å². The summed E-state index contributed by atoms with van der Waals surface area (Å²) in [6.07, 6.45) is 7.81. The van der Waals surface area contributed by atoms with Gasteiger partial charge in [0.15, 0.2) is 0 Å². The van der Waals surface area contributed by atoms with E-state index < -0.39 is 10.5 Å². The van der Waals surface area contributed by atoms with Gasteiger partial charge in [0, 0.05) is 25.5 Å². The second kappa shape index (κ2) is 10.3. The van der Waals surface area contributed by atoms with Gasteiger partial charge in [-0.2, -0.15) is 20.4 Å². The number of nitrogens with one attached hydrogen (secondary N) is 3. The van der Waals surface area contributed by atoms with Gasteiger partial charge in [0.25, 0.3) is 0 Å². The molecule has 0 saturated heterocycles. The summed E-state index contributed by atoms with van der Waals surface area (Å²) in [5.74, 6) is 0.0950. The third-order valence-corrected chi connectivity index (χ3v) is 3.32. The quantitative estimate of drug-likeness (QED) is 0.252. The first-order valence-corrected chi connectivity index (χ1v) is 7.29. The molecule has 0 saturated carbocycles. The molecule has 2 unspecified atom stereocenters. The number of quaternary nitrogens is 2. The van der Waals surface area contributed by atoms with Crippen LogP contribution in [0.1, 0.15) is 12.8 Å². The summed E-state index contributed by atoms with van der Waals surface area (Å²) in [4.78, 5) is 7.56. The van der Waals surface area contributed by atoms with Crippen LogP contribution in [-0.4, -0.2) is 42.6 Å². The summed E-state index contributed by atoms with van der Waals surface area (Å²) in [6, 6.07) is 0. The van der Waals surface area contributed by atoms with Gasteiger partial charge in [-0.1, -0.05) is 0 Å². The highest BCUT2D eigenvalue weighted by Gasteiger charge is 2.09. The zero-order chi connectivity index (χ0) is 16.7. The summed E-state index contributed by atoms with van der Waals surface area (Å²) in [5, 5.41) is 40.8. The Morgan fingerprint density at radius 1 is 0.917 bits per heavy atom. The van der Waals surface area contributed by atoms with Crippen molar-refractivity contribution in [2.24, 2.45) is 0 Å². The number of halogens is 1. The summed E-state index contributed by atoms with van der Waals surface area (Å²) in [6.45, 7) is 2.65. The third kappa shape index (κ3) is 5.81. The Bertz CT molecular complexity index is 539. The molecule has 0 aromatic carbocycles. The van der Waals surface area contributed by atoms with Gasteiger partial charge < -0.3 is 15.7 Å². The molecule has 0 amide bonds. The number of hydrogen-bond donors (Lipinski definition) is 5. The number of imidazole rings is 2. The molecule has 2 atom stereocenters. The van der Waals surface area contributed by atoms with Crippen LogP contribution < -0.4 is 15.8 Å². The minimum absolute atomic E-state index is 0. The molecular formula is C12H22ClN7O4. The highest BCUT2D eigenvalue weighted by atomic mass is 35.5. The van der Waals surface area contributed by atoms with E-state index in [1.54, 1.807) is 21.5 Å². The Morgan fingerprint density at radius 2 is 1.33 bits per heavy atom. The van der Waals surface area contributed by atoms with Crippen LogP contribution in [0.15, 0.2) is 24.8 Å². The Morgan fingerprint density at radius 3 is 1.71 bits per heavy atom. The van der Waals surface area contributed by atoms with E-state index in [0.717, 1.165) is 25.9 Å². The van der Waals surface area contributed by atoms with Gasteiger partial charge in [0.1, 0.15) is 0 Å². The average Bonchev–Trinajstić information content (AvgIpc) is 3.14. The molecule has 0 bridgehead atoms.